The predicted octanol–water partition coefficient (Wildman–Crippen LogP) is 4.92. The third-order valence-corrected chi connectivity index (χ3v) is 4.13. The zero-order valence-corrected chi connectivity index (χ0v) is 15.4. The molecule has 1 aromatic carbocycles. The van der Waals surface area contributed by atoms with Crippen LogP contribution in [0.4, 0.5) is 24.7 Å². The molecule has 146 valence electrons. The molecule has 0 spiro atoms. The van der Waals surface area contributed by atoms with Gasteiger partial charge in [0, 0.05) is 18.3 Å². The van der Waals surface area contributed by atoms with Gasteiger partial charge < -0.3 is 10.1 Å². The van der Waals surface area contributed by atoms with Crippen molar-refractivity contribution in [2.45, 2.75) is 33.1 Å². The van der Waals surface area contributed by atoms with Crippen LogP contribution in [0.2, 0.25) is 0 Å². The number of carbonyl (C=O) groups is 1. The molecular formula is C20H19F3N4O. The molecular weight excluding hydrogens is 369 g/mol. The summed E-state index contributed by atoms with van der Waals surface area (Å²) in [7, 11) is 0. The first-order chi connectivity index (χ1) is 13.3. The molecule has 0 aliphatic heterocycles. The van der Waals surface area contributed by atoms with Gasteiger partial charge in [0.05, 0.1) is 0 Å². The average molecular weight is 388 g/mol. The number of pyridine rings is 1. The second-order valence-corrected chi connectivity index (χ2v) is 6.50. The van der Waals surface area contributed by atoms with Gasteiger partial charge in [-0.05, 0) is 67.8 Å². The molecule has 8 heteroatoms. The van der Waals surface area contributed by atoms with E-state index in [0.29, 0.717) is 35.7 Å². The summed E-state index contributed by atoms with van der Waals surface area (Å²) in [6.07, 6.45) is -0.371. The maximum absolute atomic E-state index is 13.1. The van der Waals surface area contributed by atoms with E-state index in [1.54, 1.807) is 31.2 Å². The number of aromatic nitrogens is 3. The molecule has 0 atom stereocenters. The zero-order valence-electron chi connectivity index (χ0n) is 15.4. The van der Waals surface area contributed by atoms with Crippen LogP contribution in [0.3, 0.4) is 0 Å². The number of rotatable bonds is 7. The fourth-order valence-electron chi connectivity index (χ4n) is 2.70. The molecule has 1 N–H and O–H groups in total. The topological polar surface area (TPSA) is 59.8 Å². The average Bonchev–Trinajstić information content (AvgIpc) is 3.04. The van der Waals surface area contributed by atoms with Crippen molar-refractivity contribution in [3.8, 4) is 5.82 Å². The third kappa shape index (κ3) is 4.76. The first-order valence-corrected chi connectivity index (χ1v) is 8.69. The lowest BCUT2D eigenvalue weighted by Gasteiger charge is -2.11. The summed E-state index contributed by atoms with van der Waals surface area (Å²) in [6.45, 7) is 3.06. The quantitative estimate of drug-likeness (QED) is 0.624. The Morgan fingerprint density at radius 1 is 1.21 bits per heavy atom. The third-order valence-electron chi connectivity index (χ3n) is 4.13. The summed E-state index contributed by atoms with van der Waals surface area (Å²) < 4.78 is 40.5. The molecule has 0 amide bonds. The highest BCUT2D eigenvalue weighted by atomic mass is 19.3. The number of nitrogens with one attached hydrogen (secondary N) is 1. The predicted molar refractivity (Wildman–Crippen MR) is 99.7 cm³/mol. The van der Waals surface area contributed by atoms with Crippen LogP contribution in [0.15, 0.2) is 42.6 Å². The normalized spacial score (nSPS) is 11.1. The van der Waals surface area contributed by atoms with E-state index in [1.807, 2.05) is 0 Å². The highest BCUT2D eigenvalue weighted by Crippen LogP contribution is 2.24. The van der Waals surface area contributed by atoms with E-state index in [1.165, 1.54) is 29.9 Å². The van der Waals surface area contributed by atoms with Crippen LogP contribution in [0.5, 0.6) is 0 Å². The number of ketones is 1. The Balaban J connectivity index is 1.98. The Kier molecular flexibility index (Phi) is 5.77. The molecule has 0 saturated carbocycles. The van der Waals surface area contributed by atoms with E-state index in [-0.39, 0.29) is 17.3 Å². The summed E-state index contributed by atoms with van der Waals surface area (Å²) in [4.78, 5) is 15.8. The lowest BCUT2D eigenvalue weighted by atomic mass is 10.1. The molecule has 0 aliphatic rings. The van der Waals surface area contributed by atoms with Crippen LogP contribution in [-0.2, 0) is 11.2 Å². The molecule has 3 rings (SSSR count). The highest BCUT2D eigenvalue weighted by Gasteiger charge is 2.17. The molecule has 2 heterocycles. The van der Waals surface area contributed by atoms with Crippen LogP contribution in [0.25, 0.3) is 5.82 Å². The monoisotopic (exact) mass is 388 g/mol. The van der Waals surface area contributed by atoms with E-state index < -0.39 is 6.43 Å². The second kappa shape index (κ2) is 8.24. The van der Waals surface area contributed by atoms with Gasteiger partial charge in [0.25, 0.3) is 6.43 Å². The Bertz CT molecular complexity index is 984. The summed E-state index contributed by atoms with van der Waals surface area (Å²) in [5.41, 5.74) is 1.48. The van der Waals surface area contributed by atoms with Crippen molar-refractivity contribution in [3.05, 3.63) is 65.2 Å². The number of benzene rings is 1. The number of Topliss-reactive ketones (excluding diaryl/α,β-unsaturated/α-hetero) is 1. The first kappa shape index (κ1) is 19.6. The maximum atomic E-state index is 13.1. The van der Waals surface area contributed by atoms with Gasteiger partial charge in [-0.15, -0.1) is 0 Å². The smallest absolute Gasteiger partial charge is 0.282 e. The Hall–Kier alpha value is -3.16. The minimum Gasteiger partial charge on any atom is -0.340 e. The molecule has 0 radical (unpaired) electrons. The van der Waals surface area contributed by atoms with Crippen LogP contribution < -0.4 is 5.32 Å². The molecule has 0 aliphatic carbocycles. The Morgan fingerprint density at radius 2 is 1.93 bits per heavy atom. The number of hydrogen-bond donors (Lipinski definition) is 1. The minimum absolute atomic E-state index is 0.0429. The summed E-state index contributed by atoms with van der Waals surface area (Å²) >= 11 is 0. The van der Waals surface area contributed by atoms with E-state index in [9.17, 15) is 18.0 Å². The SMILES string of the molecule is CC(=O)CCc1cc(Nc2ccc(F)cc2)nc(-n2cc(C)c(C(F)F)n2)c1. The van der Waals surface area contributed by atoms with Gasteiger partial charge in [-0.2, -0.15) is 5.10 Å². The van der Waals surface area contributed by atoms with E-state index in [0.717, 1.165) is 5.56 Å². The standard InChI is InChI=1S/C20H19F3N4O/c1-12-11-27(26-19(12)20(22)23)18-10-14(4-3-13(2)28)9-17(25-18)24-16-7-5-15(21)6-8-16/h5-11,20H,3-4H2,1-2H3,(H,24,25). The number of hydrogen-bond acceptors (Lipinski definition) is 4. The van der Waals surface area contributed by atoms with Gasteiger partial charge in [-0.1, -0.05) is 0 Å². The summed E-state index contributed by atoms with van der Waals surface area (Å²) in [5, 5.41) is 7.00. The zero-order chi connectivity index (χ0) is 20.3. The molecule has 0 saturated heterocycles. The molecule has 0 unspecified atom stereocenters. The van der Waals surface area contributed by atoms with Gasteiger partial charge in [0.1, 0.15) is 23.1 Å². The molecule has 0 fully saturated rings. The maximum Gasteiger partial charge on any atom is 0.282 e. The van der Waals surface area contributed by atoms with Crippen LogP contribution >= 0.6 is 0 Å². The highest BCUT2D eigenvalue weighted by molar-refractivity contribution is 5.75. The van der Waals surface area contributed by atoms with Crippen LogP contribution in [0.1, 0.15) is 36.6 Å². The van der Waals surface area contributed by atoms with Crippen molar-refractivity contribution in [2.75, 3.05) is 5.32 Å². The number of alkyl halides is 2. The summed E-state index contributed by atoms with van der Waals surface area (Å²) in [5.74, 6) is 0.470. The Morgan fingerprint density at radius 3 is 2.54 bits per heavy atom. The fourth-order valence-corrected chi connectivity index (χ4v) is 2.70. The lowest BCUT2D eigenvalue weighted by molar-refractivity contribution is -0.116. The van der Waals surface area contributed by atoms with E-state index in [4.69, 9.17) is 0 Å². The van der Waals surface area contributed by atoms with Gasteiger partial charge in [0.2, 0.25) is 0 Å². The molecule has 5 nitrogen and oxygen atoms in total. The van der Waals surface area contributed by atoms with Gasteiger partial charge in [-0.3, -0.25) is 0 Å². The number of anilines is 2. The van der Waals surface area contributed by atoms with Crippen LogP contribution in [-0.4, -0.2) is 20.5 Å². The van der Waals surface area contributed by atoms with Crippen molar-refractivity contribution >= 4 is 17.3 Å². The van der Waals surface area contributed by atoms with Gasteiger partial charge in [-0.25, -0.2) is 22.8 Å². The van der Waals surface area contributed by atoms with Crippen molar-refractivity contribution < 1.29 is 18.0 Å². The number of carbonyl (C=O) groups excluding carboxylic acids is 1. The van der Waals surface area contributed by atoms with Crippen molar-refractivity contribution in [3.63, 3.8) is 0 Å². The number of nitrogens with zero attached hydrogens (tertiary/aromatic N) is 3. The first-order valence-electron chi connectivity index (χ1n) is 8.69. The minimum atomic E-state index is -2.68. The van der Waals surface area contributed by atoms with Crippen molar-refractivity contribution in [1.82, 2.24) is 14.8 Å². The Labute approximate surface area is 160 Å². The van der Waals surface area contributed by atoms with E-state index in [2.05, 4.69) is 15.4 Å². The van der Waals surface area contributed by atoms with Crippen molar-refractivity contribution in [2.24, 2.45) is 0 Å². The second-order valence-electron chi connectivity index (χ2n) is 6.50. The van der Waals surface area contributed by atoms with Gasteiger partial charge in [0.15, 0.2) is 5.82 Å². The van der Waals surface area contributed by atoms with Crippen LogP contribution in [0, 0.1) is 12.7 Å². The number of aryl methyl sites for hydroxylation is 2. The van der Waals surface area contributed by atoms with E-state index >= 15 is 0 Å². The molecule has 28 heavy (non-hydrogen) atoms. The molecule has 2 aromatic heterocycles. The largest absolute Gasteiger partial charge is 0.340 e. The molecule has 0 bridgehead atoms. The van der Waals surface area contributed by atoms with Gasteiger partial charge >= 0.3 is 0 Å². The number of halogens is 3. The molecule has 3 aromatic rings. The lowest BCUT2D eigenvalue weighted by Crippen LogP contribution is -2.05. The fraction of sp³-hybridized carbons (Fsp3) is 0.250. The van der Waals surface area contributed by atoms with Crippen molar-refractivity contribution in [1.29, 1.82) is 0 Å². The summed E-state index contributed by atoms with van der Waals surface area (Å²) in [6, 6.07) is 9.22.